The molecule has 2 aromatic carbocycles. The lowest BCUT2D eigenvalue weighted by Crippen LogP contribution is -2.42. The smallest absolute Gasteiger partial charge is 0.234 e. The fraction of sp³-hybridized carbons (Fsp3) is 0.440. The van der Waals surface area contributed by atoms with Crippen molar-refractivity contribution in [2.24, 2.45) is 0 Å². The zero-order valence-electron chi connectivity index (χ0n) is 18.7. The monoisotopic (exact) mass is 472 g/mol. The molecular weight excluding hydrogens is 443 g/mol. The third-order valence-electron chi connectivity index (χ3n) is 6.28. The number of carbonyl (C=O) groups excluding carboxylic acids is 2. The summed E-state index contributed by atoms with van der Waals surface area (Å²) in [5.74, 6) is 1.01. The summed E-state index contributed by atoms with van der Waals surface area (Å²) in [5, 5.41) is 5.46. The van der Waals surface area contributed by atoms with E-state index in [2.05, 4.69) is 22.8 Å². The SMILES string of the molecule is CC(SCC(=O)Nc1ccc(F)cc1)C(=O)NCC1(c2ccc3c(c2)OCCO3)CCCC1. The van der Waals surface area contributed by atoms with Crippen LogP contribution in [-0.4, -0.2) is 42.6 Å². The molecule has 176 valence electrons. The molecule has 1 unspecified atom stereocenters. The molecule has 2 N–H and O–H groups in total. The summed E-state index contributed by atoms with van der Waals surface area (Å²) in [7, 11) is 0. The zero-order valence-corrected chi connectivity index (χ0v) is 19.5. The standard InChI is InChI=1S/C25H29FN2O4S/c1-17(33-15-23(29)28-20-7-5-19(26)6-8-20)24(30)27-16-25(10-2-3-11-25)18-4-9-21-22(14-18)32-13-12-31-21/h4-9,14,17H,2-3,10-13,15-16H2,1H3,(H,27,30)(H,28,29). The highest BCUT2D eigenvalue weighted by molar-refractivity contribution is 8.01. The van der Waals surface area contributed by atoms with Gasteiger partial charge < -0.3 is 20.1 Å². The molecule has 8 heteroatoms. The van der Waals surface area contributed by atoms with Crippen LogP contribution >= 0.6 is 11.8 Å². The molecule has 1 aliphatic carbocycles. The van der Waals surface area contributed by atoms with Gasteiger partial charge in [0.2, 0.25) is 11.8 Å². The second kappa shape index (κ2) is 10.5. The molecule has 0 saturated heterocycles. The predicted molar refractivity (Wildman–Crippen MR) is 128 cm³/mol. The van der Waals surface area contributed by atoms with Crippen LogP contribution in [0.1, 0.15) is 38.2 Å². The first-order valence-electron chi connectivity index (χ1n) is 11.3. The molecule has 0 spiro atoms. The number of benzene rings is 2. The van der Waals surface area contributed by atoms with Crippen LogP contribution in [0.4, 0.5) is 10.1 Å². The summed E-state index contributed by atoms with van der Waals surface area (Å²) >= 11 is 1.28. The third kappa shape index (κ3) is 5.79. The first-order valence-corrected chi connectivity index (χ1v) is 12.3. The molecule has 1 fully saturated rings. The molecule has 33 heavy (non-hydrogen) atoms. The Morgan fingerprint density at radius 1 is 1.06 bits per heavy atom. The number of rotatable bonds is 8. The van der Waals surface area contributed by atoms with Crippen LogP contribution in [0.15, 0.2) is 42.5 Å². The summed E-state index contributed by atoms with van der Waals surface area (Å²) < 4.78 is 24.4. The fourth-order valence-corrected chi connectivity index (χ4v) is 5.11. The van der Waals surface area contributed by atoms with E-state index in [0.717, 1.165) is 37.2 Å². The Balaban J connectivity index is 1.30. The van der Waals surface area contributed by atoms with E-state index >= 15 is 0 Å². The van der Waals surface area contributed by atoms with Crippen LogP contribution in [-0.2, 0) is 15.0 Å². The zero-order chi connectivity index (χ0) is 23.3. The Hall–Kier alpha value is -2.74. The fourth-order valence-electron chi connectivity index (χ4n) is 4.40. The molecule has 1 saturated carbocycles. The van der Waals surface area contributed by atoms with Crippen LogP contribution in [0, 0.1) is 5.82 Å². The van der Waals surface area contributed by atoms with E-state index in [1.165, 1.54) is 41.6 Å². The first kappa shape index (κ1) is 23.4. The van der Waals surface area contributed by atoms with Gasteiger partial charge in [-0.05, 0) is 61.7 Å². The minimum atomic E-state index is -0.373. The summed E-state index contributed by atoms with van der Waals surface area (Å²) in [4.78, 5) is 24.9. The van der Waals surface area contributed by atoms with Crippen molar-refractivity contribution >= 4 is 29.3 Å². The summed E-state index contributed by atoms with van der Waals surface area (Å²) in [6.45, 7) is 3.46. The molecule has 2 aliphatic rings. The lowest BCUT2D eigenvalue weighted by atomic mass is 9.78. The van der Waals surface area contributed by atoms with Gasteiger partial charge >= 0.3 is 0 Å². The van der Waals surface area contributed by atoms with Crippen LogP contribution < -0.4 is 20.1 Å². The highest BCUT2D eigenvalue weighted by atomic mass is 32.2. The van der Waals surface area contributed by atoms with Gasteiger partial charge in [0.25, 0.3) is 0 Å². The Morgan fingerprint density at radius 3 is 2.48 bits per heavy atom. The second-order valence-corrected chi connectivity index (χ2v) is 9.90. The van der Waals surface area contributed by atoms with Gasteiger partial charge in [-0.1, -0.05) is 18.9 Å². The second-order valence-electron chi connectivity index (χ2n) is 8.57. The number of thioether (sulfide) groups is 1. The molecular formula is C25H29FN2O4S. The highest BCUT2D eigenvalue weighted by Gasteiger charge is 2.37. The van der Waals surface area contributed by atoms with Crippen molar-refractivity contribution in [2.75, 3.05) is 30.8 Å². The lowest BCUT2D eigenvalue weighted by molar-refractivity contribution is -0.120. The van der Waals surface area contributed by atoms with Crippen LogP contribution in [0.2, 0.25) is 0 Å². The molecule has 0 bridgehead atoms. The van der Waals surface area contributed by atoms with Crippen LogP contribution in [0.25, 0.3) is 0 Å². The van der Waals surface area contributed by atoms with E-state index in [-0.39, 0.29) is 34.0 Å². The van der Waals surface area contributed by atoms with E-state index in [1.807, 2.05) is 6.07 Å². The number of carbonyl (C=O) groups is 2. The Bertz CT molecular complexity index is 992. The van der Waals surface area contributed by atoms with Gasteiger partial charge in [-0.3, -0.25) is 9.59 Å². The van der Waals surface area contributed by atoms with Crippen molar-refractivity contribution in [1.82, 2.24) is 5.32 Å². The number of halogens is 1. The molecule has 1 heterocycles. The van der Waals surface area contributed by atoms with Gasteiger partial charge in [0.05, 0.1) is 11.0 Å². The average Bonchev–Trinajstić information content (AvgIpc) is 3.32. The van der Waals surface area contributed by atoms with Crippen molar-refractivity contribution in [3.05, 3.63) is 53.8 Å². The topological polar surface area (TPSA) is 76.7 Å². The number of nitrogens with one attached hydrogen (secondary N) is 2. The normalized spacial score (nSPS) is 17.3. The molecule has 1 aliphatic heterocycles. The van der Waals surface area contributed by atoms with Crippen molar-refractivity contribution in [3.63, 3.8) is 0 Å². The predicted octanol–water partition coefficient (Wildman–Crippen LogP) is 4.29. The minimum Gasteiger partial charge on any atom is -0.486 e. The average molecular weight is 473 g/mol. The van der Waals surface area contributed by atoms with Gasteiger partial charge in [0.1, 0.15) is 19.0 Å². The number of amides is 2. The third-order valence-corrected chi connectivity index (χ3v) is 7.42. The Morgan fingerprint density at radius 2 is 1.76 bits per heavy atom. The van der Waals surface area contributed by atoms with E-state index in [0.29, 0.717) is 25.4 Å². The minimum absolute atomic E-state index is 0.0848. The molecule has 4 rings (SSSR count). The van der Waals surface area contributed by atoms with E-state index < -0.39 is 0 Å². The van der Waals surface area contributed by atoms with E-state index in [9.17, 15) is 14.0 Å². The first-order chi connectivity index (χ1) is 15.9. The van der Waals surface area contributed by atoms with Gasteiger partial charge in [-0.25, -0.2) is 4.39 Å². The maximum atomic E-state index is 13.0. The molecule has 1 atom stereocenters. The van der Waals surface area contributed by atoms with Gasteiger partial charge in [0.15, 0.2) is 11.5 Å². The quantitative estimate of drug-likeness (QED) is 0.600. The molecule has 0 aromatic heterocycles. The summed E-state index contributed by atoms with van der Waals surface area (Å²) in [6, 6.07) is 11.7. The summed E-state index contributed by atoms with van der Waals surface area (Å²) in [6.07, 6.45) is 4.26. The van der Waals surface area contributed by atoms with E-state index in [1.54, 1.807) is 6.92 Å². The van der Waals surface area contributed by atoms with Gasteiger partial charge in [0, 0.05) is 17.6 Å². The molecule has 2 aromatic rings. The Labute approximate surface area is 197 Å². The number of fused-ring (bicyclic) bond motifs is 1. The largest absolute Gasteiger partial charge is 0.486 e. The number of hydrogen-bond donors (Lipinski definition) is 2. The molecule has 2 amide bonds. The van der Waals surface area contributed by atoms with Crippen LogP contribution in [0.5, 0.6) is 11.5 Å². The number of ether oxygens (including phenoxy) is 2. The van der Waals surface area contributed by atoms with Crippen molar-refractivity contribution in [1.29, 1.82) is 0 Å². The number of anilines is 1. The maximum Gasteiger partial charge on any atom is 0.234 e. The summed E-state index contributed by atoms with van der Waals surface area (Å²) in [5.41, 5.74) is 1.58. The Kier molecular flexibility index (Phi) is 7.42. The molecule has 6 nitrogen and oxygen atoms in total. The van der Waals surface area contributed by atoms with E-state index in [4.69, 9.17) is 9.47 Å². The van der Waals surface area contributed by atoms with Gasteiger partial charge in [-0.15, -0.1) is 11.8 Å². The molecule has 0 radical (unpaired) electrons. The van der Waals surface area contributed by atoms with Gasteiger partial charge in [-0.2, -0.15) is 0 Å². The highest BCUT2D eigenvalue weighted by Crippen LogP contribution is 2.43. The van der Waals surface area contributed by atoms with Crippen molar-refractivity contribution in [3.8, 4) is 11.5 Å². The maximum absolute atomic E-state index is 13.0. The van der Waals surface area contributed by atoms with Crippen LogP contribution in [0.3, 0.4) is 0 Å². The lowest BCUT2D eigenvalue weighted by Gasteiger charge is -2.31. The van der Waals surface area contributed by atoms with Crippen molar-refractivity contribution < 1.29 is 23.5 Å². The van der Waals surface area contributed by atoms with Crippen molar-refractivity contribution in [2.45, 2.75) is 43.3 Å². The number of hydrogen-bond acceptors (Lipinski definition) is 5.